The highest BCUT2D eigenvalue weighted by molar-refractivity contribution is 5.69. The van der Waals surface area contributed by atoms with Crippen molar-refractivity contribution in [3.8, 4) is 6.07 Å². The molecule has 0 aliphatic carbocycles. The number of hydrogen-bond donors (Lipinski definition) is 1. The summed E-state index contributed by atoms with van der Waals surface area (Å²) in [6.07, 6.45) is 1.20. The quantitative estimate of drug-likeness (QED) is 0.816. The molecular formula is C12H13NO2. The van der Waals surface area contributed by atoms with Crippen molar-refractivity contribution in [1.82, 2.24) is 0 Å². The van der Waals surface area contributed by atoms with E-state index in [1.807, 2.05) is 18.2 Å². The van der Waals surface area contributed by atoms with Gasteiger partial charge in [0.05, 0.1) is 17.6 Å². The van der Waals surface area contributed by atoms with Gasteiger partial charge in [-0.2, -0.15) is 5.26 Å². The van der Waals surface area contributed by atoms with Gasteiger partial charge in [-0.15, -0.1) is 0 Å². The molecule has 0 saturated carbocycles. The fraction of sp³-hybridized carbons (Fsp3) is 0.333. The van der Waals surface area contributed by atoms with Gasteiger partial charge in [-0.1, -0.05) is 25.1 Å². The van der Waals surface area contributed by atoms with Crippen molar-refractivity contribution >= 4 is 5.97 Å². The van der Waals surface area contributed by atoms with Crippen LogP contribution < -0.4 is 0 Å². The second-order valence-corrected chi connectivity index (χ2v) is 3.55. The maximum Gasteiger partial charge on any atom is 0.306 e. The molecule has 1 N–H and O–H groups in total. The summed E-state index contributed by atoms with van der Waals surface area (Å²) >= 11 is 0. The van der Waals surface area contributed by atoms with Crippen LogP contribution in [0.5, 0.6) is 0 Å². The van der Waals surface area contributed by atoms with E-state index in [4.69, 9.17) is 10.4 Å². The number of nitriles is 1. The summed E-state index contributed by atoms with van der Waals surface area (Å²) in [4.78, 5) is 10.6. The molecule has 1 aromatic carbocycles. The molecule has 0 bridgehead atoms. The Morgan fingerprint density at radius 1 is 1.53 bits per heavy atom. The molecule has 0 saturated heterocycles. The van der Waals surface area contributed by atoms with Gasteiger partial charge in [0.15, 0.2) is 0 Å². The molecule has 1 atom stereocenters. The molecule has 0 aromatic heterocycles. The predicted molar refractivity (Wildman–Crippen MR) is 56.3 cm³/mol. The third-order valence-corrected chi connectivity index (χ3v) is 2.41. The number of hydrogen-bond acceptors (Lipinski definition) is 2. The Morgan fingerprint density at radius 2 is 2.20 bits per heavy atom. The first-order valence-electron chi connectivity index (χ1n) is 4.86. The summed E-state index contributed by atoms with van der Waals surface area (Å²) in [6, 6.07) is 9.39. The Labute approximate surface area is 89.0 Å². The maximum atomic E-state index is 10.6. The van der Waals surface area contributed by atoms with Crippen molar-refractivity contribution < 1.29 is 9.90 Å². The topological polar surface area (TPSA) is 61.1 Å². The largest absolute Gasteiger partial charge is 0.481 e. The molecule has 0 spiro atoms. The SMILES string of the molecule is CC(CCc1ccccc1C#N)C(=O)O. The van der Waals surface area contributed by atoms with Gasteiger partial charge in [0.25, 0.3) is 0 Å². The second-order valence-electron chi connectivity index (χ2n) is 3.55. The van der Waals surface area contributed by atoms with Gasteiger partial charge in [0.1, 0.15) is 0 Å². The average Bonchev–Trinajstić information content (AvgIpc) is 2.26. The smallest absolute Gasteiger partial charge is 0.306 e. The van der Waals surface area contributed by atoms with Gasteiger partial charge in [0, 0.05) is 0 Å². The molecule has 15 heavy (non-hydrogen) atoms. The van der Waals surface area contributed by atoms with E-state index in [1.54, 1.807) is 13.0 Å². The third-order valence-electron chi connectivity index (χ3n) is 2.41. The molecule has 78 valence electrons. The van der Waals surface area contributed by atoms with Crippen LogP contribution in [0, 0.1) is 17.2 Å². The van der Waals surface area contributed by atoms with E-state index in [0.29, 0.717) is 18.4 Å². The monoisotopic (exact) mass is 203 g/mol. The lowest BCUT2D eigenvalue weighted by Crippen LogP contribution is -2.10. The van der Waals surface area contributed by atoms with E-state index < -0.39 is 5.97 Å². The van der Waals surface area contributed by atoms with Crippen LogP contribution in [0.3, 0.4) is 0 Å². The Hall–Kier alpha value is -1.82. The van der Waals surface area contributed by atoms with Crippen LogP contribution in [0.1, 0.15) is 24.5 Å². The van der Waals surface area contributed by atoms with Crippen LogP contribution in [-0.4, -0.2) is 11.1 Å². The van der Waals surface area contributed by atoms with Crippen LogP contribution in [0.15, 0.2) is 24.3 Å². The van der Waals surface area contributed by atoms with Crippen molar-refractivity contribution in [2.75, 3.05) is 0 Å². The van der Waals surface area contributed by atoms with Gasteiger partial charge in [-0.05, 0) is 24.5 Å². The molecule has 0 amide bonds. The van der Waals surface area contributed by atoms with Crippen LogP contribution >= 0.6 is 0 Å². The number of rotatable bonds is 4. The van der Waals surface area contributed by atoms with E-state index in [1.165, 1.54) is 0 Å². The molecule has 3 heteroatoms. The van der Waals surface area contributed by atoms with E-state index >= 15 is 0 Å². The molecule has 0 radical (unpaired) electrons. The van der Waals surface area contributed by atoms with E-state index in [-0.39, 0.29) is 5.92 Å². The highest BCUT2D eigenvalue weighted by atomic mass is 16.4. The summed E-state index contributed by atoms with van der Waals surface area (Å²) in [5.74, 6) is -1.15. The van der Waals surface area contributed by atoms with Crippen LogP contribution in [0.4, 0.5) is 0 Å². The normalized spacial score (nSPS) is 11.7. The minimum Gasteiger partial charge on any atom is -0.481 e. The number of aryl methyl sites for hydroxylation is 1. The highest BCUT2D eigenvalue weighted by Gasteiger charge is 2.11. The van der Waals surface area contributed by atoms with Crippen LogP contribution in [-0.2, 0) is 11.2 Å². The molecule has 0 aliphatic rings. The van der Waals surface area contributed by atoms with Gasteiger partial charge in [0.2, 0.25) is 0 Å². The number of carbonyl (C=O) groups is 1. The van der Waals surface area contributed by atoms with Gasteiger partial charge in [-0.3, -0.25) is 4.79 Å². The van der Waals surface area contributed by atoms with Gasteiger partial charge in [-0.25, -0.2) is 0 Å². The highest BCUT2D eigenvalue weighted by Crippen LogP contribution is 2.13. The molecule has 3 nitrogen and oxygen atoms in total. The number of carboxylic acid groups (broad SMARTS) is 1. The Bertz CT molecular complexity index is 393. The zero-order valence-electron chi connectivity index (χ0n) is 8.60. The van der Waals surface area contributed by atoms with Crippen molar-refractivity contribution in [2.24, 2.45) is 5.92 Å². The van der Waals surface area contributed by atoms with Crippen molar-refractivity contribution in [3.05, 3.63) is 35.4 Å². The molecule has 0 aliphatic heterocycles. The number of carboxylic acids is 1. The Balaban J connectivity index is 2.66. The summed E-state index contributed by atoms with van der Waals surface area (Å²) in [5.41, 5.74) is 1.56. The maximum absolute atomic E-state index is 10.6. The number of benzene rings is 1. The minimum absolute atomic E-state index is 0.364. The van der Waals surface area contributed by atoms with Crippen LogP contribution in [0.2, 0.25) is 0 Å². The standard InChI is InChI=1S/C12H13NO2/c1-9(12(14)15)6-7-10-4-2-3-5-11(10)8-13/h2-5,9H,6-7H2,1H3,(H,14,15). The Kier molecular flexibility index (Phi) is 3.87. The summed E-state index contributed by atoms with van der Waals surface area (Å²) in [5, 5.41) is 17.5. The lowest BCUT2D eigenvalue weighted by atomic mass is 9.98. The zero-order chi connectivity index (χ0) is 11.3. The molecule has 0 fully saturated rings. The summed E-state index contributed by atoms with van der Waals surface area (Å²) in [6.45, 7) is 1.68. The third kappa shape index (κ3) is 3.10. The first-order valence-corrected chi connectivity index (χ1v) is 4.86. The minimum atomic E-state index is -0.788. The second kappa shape index (κ2) is 5.16. The predicted octanol–water partition coefficient (Wildman–Crippen LogP) is 2.21. The first-order chi connectivity index (χ1) is 7.15. The fourth-order valence-corrected chi connectivity index (χ4v) is 1.34. The molecule has 1 aromatic rings. The van der Waals surface area contributed by atoms with E-state index in [9.17, 15) is 4.79 Å². The van der Waals surface area contributed by atoms with Crippen molar-refractivity contribution in [1.29, 1.82) is 5.26 Å². The molecule has 0 heterocycles. The molecule has 1 rings (SSSR count). The van der Waals surface area contributed by atoms with Gasteiger partial charge < -0.3 is 5.11 Å². The van der Waals surface area contributed by atoms with Crippen molar-refractivity contribution in [3.63, 3.8) is 0 Å². The average molecular weight is 203 g/mol. The number of nitrogens with zero attached hydrogens (tertiary/aromatic N) is 1. The van der Waals surface area contributed by atoms with E-state index in [0.717, 1.165) is 5.56 Å². The zero-order valence-corrected chi connectivity index (χ0v) is 8.60. The molecular weight excluding hydrogens is 190 g/mol. The summed E-state index contributed by atoms with van der Waals surface area (Å²) < 4.78 is 0. The van der Waals surface area contributed by atoms with Crippen molar-refractivity contribution in [2.45, 2.75) is 19.8 Å². The lowest BCUT2D eigenvalue weighted by molar-refractivity contribution is -0.141. The number of aliphatic carboxylic acids is 1. The Morgan fingerprint density at radius 3 is 2.80 bits per heavy atom. The van der Waals surface area contributed by atoms with Crippen LogP contribution in [0.25, 0.3) is 0 Å². The fourth-order valence-electron chi connectivity index (χ4n) is 1.34. The lowest BCUT2D eigenvalue weighted by Gasteiger charge is -2.06. The summed E-state index contributed by atoms with van der Waals surface area (Å²) in [7, 11) is 0. The first kappa shape index (κ1) is 11.3. The van der Waals surface area contributed by atoms with Gasteiger partial charge >= 0.3 is 5.97 Å². The molecule has 1 unspecified atom stereocenters. The van der Waals surface area contributed by atoms with E-state index in [2.05, 4.69) is 6.07 Å².